The number of ether oxygens (including phenoxy) is 1. The van der Waals surface area contributed by atoms with Crippen LogP contribution in [0.25, 0.3) is 0 Å². The molecule has 0 amide bonds. The van der Waals surface area contributed by atoms with Gasteiger partial charge in [0.15, 0.2) is 5.76 Å². The first-order valence-corrected chi connectivity index (χ1v) is 3.47. The van der Waals surface area contributed by atoms with Gasteiger partial charge < -0.3 is 13.6 Å². The van der Waals surface area contributed by atoms with Gasteiger partial charge in [-0.1, -0.05) is 6.58 Å². The van der Waals surface area contributed by atoms with E-state index in [1.165, 1.54) is 7.11 Å². The molecule has 0 N–H and O–H groups in total. The highest BCUT2D eigenvalue weighted by atomic mass is 16.6. The fraction of sp³-hybridized carbons (Fsp3) is 0.250. The lowest BCUT2D eigenvalue weighted by molar-refractivity contribution is -0.136. The van der Waals surface area contributed by atoms with Crippen molar-refractivity contribution < 1.29 is 18.4 Å². The lowest BCUT2D eigenvalue weighted by Crippen LogP contribution is -2.05. The zero-order valence-electron chi connectivity index (χ0n) is 7.03. The second kappa shape index (κ2) is 3.75. The summed E-state index contributed by atoms with van der Waals surface area (Å²) >= 11 is 0. The number of esters is 1. The monoisotopic (exact) mass is 184 g/mol. The van der Waals surface area contributed by atoms with Crippen LogP contribution in [-0.2, 0) is 16.0 Å². The molecule has 0 fully saturated rings. The van der Waals surface area contributed by atoms with Gasteiger partial charge in [-0.05, 0) is 0 Å². The summed E-state index contributed by atoms with van der Waals surface area (Å²) in [7, 11) is 1.25. The Morgan fingerprint density at radius 3 is 2.85 bits per heavy atom. The lowest BCUT2D eigenvalue weighted by Gasteiger charge is -1.98. The van der Waals surface area contributed by atoms with Crippen LogP contribution in [0.3, 0.4) is 0 Å². The summed E-state index contributed by atoms with van der Waals surface area (Å²) in [6.07, 6.45) is 1.24. The predicted octanol–water partition coefficient (Wildman–Crippen LogP) is 0.504. The summed E-state index contributed by atoms with van der Waals surface area (Å²) in [5, 5.41) is 0. The Bertz CT molecular complexity index is 370. The highest BCUT2D eigenvalue weighted by Gasteiger charge is 2.10. The Kier molecular flexibility index (Phi) is 2.69. The SMILES string of the molecule is C=C(Cc1coc(=O)o1)C(=O)OC. The van der Waals surface area contributed by atoms with Crippen LogP contribution in [0.1, 0.15) is 5.76 Å². The predicted molar refractivity (Wildman–Crippen MR) is 42.1 cm³/mol. The number of hydrogen-bond acceptors (Lipinski definition) is 5. The van der Waals surface area contributed by atoms with Crippen LogP contribution in [0.15, 0.2) is 32.0 Å². The largest absolute Gasteiger partial charge is 0.518 e. The van der Waals surface area contributed by atoms with Crippen LogP contribution in [0.4, 0.5) is 0 Å². The van der Waals surface area contributed by atoms with Crippen LogP contribution >= 0.6 is 0 Å². The van der Waals surface area contributed by atoms with E-state index in [0.717, 1.165) is 6.26 Å². The van der Waals surface area contributed by atoms with Crippen molar-refractivity contribution in [3.63, 3.8) is 0 Å². The Balaban J connectivity index is 2.65. The third-order valence-corrected chi connectivity index (χ3v) is 1.36. The number of methoxy groups -OCH3 is 1. The van der Waals surface area contributed by atoms with Crippen LogP contribution < -0.4 is 5.82 Å². The molecule has 70 valence electrons. The van der Waals surface area contributed by atoms with E-state index in [1.807, 2.05) is 0 Å². The molecule has 5 nitrogen and oxygen atoms in total. The zero-order chi connectivity index (χ0) is 9.84. The summed E-state index contributed by atoms with van der Waals surface area (Å²) in [5.74, 6) is -1.09. The van der Waals surface area contributed by atoms with Gasteiger partial charge in [0.2, 0.25) is 0 Å². The normalized spacial score (nSPS) is 9.62. The molecule has 1 rings (SSSR count). The van der Waals surface area contributed by atoms with Crippen molar-refractivity contribution in [3.05, 3.63) is 34.8 Å². The summed E-state index contributed by atoms with van der Waals surface area (Å²) in [4.78, 5) is 21.3. The van der Waals surface area contributed by atoms with Gasteiger partial charge in [-0.15, -0.1) is 0 Å². The molecule has 0 saturated heterocycles. The molecule has 0 atom stereocenters. The summed E-state index contributed by atoms with van der Waals surface area (Å²) in [5.41, 5.74) is 0.201. The first-order valence-electron chi connectivity index (χ1n) is 3.47. The number of carbonyl (C=O) groups is 1. The van der Waals surface area contributed by atoms with Crippen LogP contribution in [-0.4, -0.2) is 13.1 Å². The first kappa shape index (κ1) is 9.31. The van der Waals surface area contributed by atoms with E-state index >= 15 is 0 Å². The Morgan fingerprint density at radius 2 is 2.38 bits per heavy atom. The van der Waals surface area contributed by atoms with Crippen molar-refractivity contribution in [2.45, 2.75) is 6.42 Å². The molecule has 5 heteroatoms. The van der Waals surface area contributed by atoms with E-state index in [9.17, 15) is 9.59 Å². The molecule has 0 spiro atoms. The molecular formula is C8H8O5. The average Bonchev–Trinajstić information content (AvgIpc) is 2.49. The first-order chi connectivity index (χ1) is 6.13. The molecule has 1 heterocycles. The fourth-order valence-corrected chi connectivity index (χ4v) is 0.774. The quantitative estimate of drug-likeness (QED) is 0.505. The maximum absolute atomic E-state index is 10.9. The van der Waals surface area contributed by atoms with Crippen molar-refractivity contribution in [1.29, 1.82) is 0 Å². The Morgan fingerprint density at radius 1 is 1.69 bits per heavy atom. The molecule has 0 aliphatic rings. The van der Waals surface area contributed by atoms with E-state index in [1.54, 1.807) is 0 Å². The minimum Gasteiger partial charge on any atom is -0.466 e. The number of carbonyl (C=O) groups excluding carboxylic acids is 1. The molecule has 0 aliphatic heterocycles. The summed E-state index contributed by atoms with van der Waals surface area (Å²) in [6, 6.07) is 0. The topological polar surface area (TPSA) is 69.7 Å². The second-order valence-electron chi connectivity index (χ2n) is 2.33. The van der Waals surface area contributed by atoms with Gasteiger partial charge in [-0.25, -0.2) is 9.59 Å². The fourth-order valence-electron chi connectivity index (χ4n) is 0.774. The van der Waals surface area contributed by atoms with Gasteiger partial charge in [0.05, 0.1) is 7.11 Å². The van der Waals surface area contributed by atoms with E-state index in [2.05, 4.69) is 20.2 Å². The van der Waals surface area contributed by atoms with Crippen LogP contribution in [0.5, 0.6) is 0 Å². The zero-order valence-corrected chi connectivity index (χ0v) is 7.03. The van der Waals surface area contributed by atoms with Crippen molar-refractivity contribution in [2.24, 2.45) is 0 Å². The van der Waals surface area contributed by atoms with E-state index < -0.39 is 11.8 Å². The summed E-state index contributed by atoms with van der Waals surface area (Å²) in [6.45, 7) is 3.45. The molecule has 0 aromatic carbocycles. The van der Waals surface area contributed by atoms with E-state index in [0.29, 0.717) is 0 Å². The van der Waals surface area contributed by atoms with Gasteiger partial charge >= 0.3 is 11.8 Å². The van der Waals surface area contributed by atoms with Gasteiger partial charge in [-0.2, -0.15) is 0 Å². The Labute approximate surface area is 73.6 Å². The van der Waals surface area contributed by atoms with Crippen LogP contribution in [0.2, 0.25) is 0 Å². The summed E-state index contributed by atoms with van der Waals surface area (Å²) < 4.78 is 13.3. The van der Waals surface area contributed by atoms with Crippen molar-refractivity contribution >= 4 is 5.97 Å². The molecule has 1 aromatic rings. The van der Waals surface area contributed by atoms with Gasteiger partial charge in [-0.3, -0.25) is 0 Å². The van der Waals surface area contributed by atoms with Gasteiger partial charge in [0.1, 0.15) is 6.26 Å². The number of hydrogen-bond donors (Lipinski definition) is 0. The molecule has 0 radical (unpaired) electrons. The molecule has 1 aromatic heterocycles. The van der Waals surface area contributed by atoms with E-state index in [-0.39, 0.29) is 17.8 Å². The smallest absolute Gasteiger partial charge is 0.466 e. The van der Waals surface area contributed by atoms with Crippen LogP contribution in [0, 0.1) is 0 Å². The van der Waals surface area contributed by atoms with Crippen molar-refractivity contribution in [3.8, 4) is 0 Å². The molecule has 0 saturated carbocycles. The molecule has 0 aliphatic carbocycles. The Hall–Kier alpha value is -1.78. The molecular weight excluding hydrogens is 176 g/mol. The third-order valence-electron chi connectivity index (χ3n) is 1.36. The van der Waals surface area contributed by atoms with Crippen molar-refractivity contribution in [1.82, 2.24) is 0 Å². The average molecular weight is 184 g/mol. The number of rotatable bonds is 3. The second-order valence-corrected chi connectivity index (χ2v) is 2.33. The molecule has 0 unspecified atom stereocenters. The maximum atomic E-state index is 10.9. The molecule has 13 heavy (non-hydrogen) atoms. The van der Waals surface area contributed by atoms with Gasteiger partial charge in [0.25, 0.3) is 0 Å². The minimum absolute atomic E-state index is 0.110. The maximum Gasteiger partial charge on any atom is 0.518 e. The van der Waals surface area contributed by atoms with E-state index in [4.69, 9.17) is 0 Å². The molecule has 0 bridgehead atoms. The third kappa shape index (κ3) is 2.33. The lowest BCUT2D eigenvalue weighted by atomic mass is 10.2. The van der Waals surface area contributed by atoms with Gasteiger partial charge in [0, 0.05) is 12.0 Å². The van der Waals surface area contributed by atoms with Crippen molar-refractivity contribution in [2.75, 3.05) is 7.11 Å². The highest BCUT2D eigenvalue weighted by molar-refractivity contribution is 5.87. The standard InChI is InChI=1S/C8H8O5/c1-5(7(9)11-2)3-6-4-12-8(10)13-6/h4H,1,3H2,2H3. The highest BCUT2D eigenvalue weighted by Crippen LogP contribution is 2.05. The minimum atomic E-state index is -0.798.